The highest BCUT2D eigenvalue weighted by Gasteiger charge is 2.04. The lowest BCUT2D eigenvalue weighted by Crippen LogP contribution is -2.37. The standard InChI is InChI=1S/C16H23N3.HI/c1-4-12-18-16(17-5-2)19-13-11-14(3)15-9-7-6-8-10-15;/h1,6-10,14H,5,11-13H2,2-3H3,(H2,17,18,19);1H. The van der Waals surface area contributed by atoms with Gasteiger partial charge in [0.25, 0.3) is 0 Å². The van der Waals surface area contributed by atoms with Crippen molar-refractivity contribution < 1.29 is 0 Å². The maximum absolute atomic E-state index is 5.23. The fraction of sp³-hybridized carbons (Fsp3) is 0.438. The van der Waals surface area contributed by atoms with Crippen molar-refractivity contribution >= 4 is 29.9 Å². The van der Waals surface area contributed by atoms with Crippen molar-refractivity contribution in [1.29, 1.82) is 0 Å². The summed E-state index contributed by atoms with van der Waals surface area (Å²) >= 11 is 0. The Hall–Kier alpha value is -1.22. The summed E-state index contributed by atoms with van der Waals surface area (Å²) < 4.78 is 0. The molecule has 20 heavy (non-hydrogen) atoms. The fourth-order valence-electron chi connectivity index (χ4n) is 1.79. The Morgan fingerprint density at radius 2 is 2.00 bits per heavy atom. The predicted octanol–water partition coefficient (Wildman–Crippen LogP) is 2.99. The molecule has 2 N–H and O–H groups in total. The van der Waals surface area contributed by atoms with Gasteiger partial charge in [-0.3, -0.25) is 4.99 Å². The Labute approximate surface area is 139 Å². The van der Waals surface area contributed by atoms with Gasteiger partial charge in [0.15, 0.2) is 5.96 Å². The molecule has 1 unspecified atom stereocenters. The molecule has 0 aliphatic rings. The Kier molecular flexibility index (Phi) is 10.9. The van der Waals surface area contributed by atoms with Crippen LogP contribution in [0.2, 0.25) is 0 Å². The lowest BCUT2D eigenvalue weighted by Gasteiger charge is -2.12. The SMILES string of the molecule is C#CCNC(=NCCC(C)c1ccccc1)NCC.I. The number of nitrogens with zero attached hydrogens (tertiary/aromatic N) is 1. The van der Waals surface area contributed by atoms with Crippen molar-refractivity contribution in [2.45, 2.75) is 26.2 Å². The highest BCUT2D eigenvalue weighted by Crippen LogP contribution is 2.17. The molecule has 0 amide bonds. The van der Waals surface area contributed by atoms with Crippen molar-refractivity contribution in [1.82, 2.24) is 10.6 Å². The van der Waals surface area contributed by atoms with Crippen LogP contribution in [0.3, 0.4) is 0 Å². The largest absolute Gasteiger partial charge is 0.357 e. The van der Waals surface area contributed by atoms with E-state index in [4.69, 9.17) is 6.42 Å². The van der Waals surface area contributed by atoms with E-state index in [2.05, 4.69) is 52.7 Å². The zero-order valence-corrected chi connectivity index (χ0v) is 14.6. The molecule has 1 atom stereocenters. The zero-order chi connectivity index (χ0) is 13.9. The van der Waals surface area contributed by atoms with Gasteiger partial charge in [0.2, 0.25) is 0 Å². The third kappa shape index (κ3) is 7.39. The van der Waals surface area contributed by atoms with Gasteiger partial charge in [-0.2, -0.15) is 0 Å². The van der Waals surface area contributed by atoms with Gasteiger partial charge in [-0.15, -0.1) is 30.4 Å². The summed E-state index contributed by atoms with van der Waals surface area (Å²) in [6.45, 7) is 6.40. The highest BCUT2D eigenvalue weighted by molar-refractivity contribution is 14.0. The van der Waals surface area contributed by atoms with E-state index >= 15 is 0 Å². The Bertz CT molecular complexity index is 423. The van der Waals surface area contributed by atoms with Crippen LogP contribution in [0, 0.1) is 12.3 Å². The van der Waals surface area contributed by atoms with E-state index in [1.165, 1.54) is 5.56 Å². The minimum Gasteiger partial charge on any atom is -0.357 e. The number of hydrogen-bond donors (Lipinski definition) is 2. The van der Waals surface area contributed by atoms with Gasteiger partial charge in [0, 0.05) is 13.1 Å². The number of hydrogen-bond acceptors (Lipinski definition) is 1. The molecule has 0 bridgehead atoms. The Balaban J connectivity index is 0.00000361. The van der Waals surface area contributed by atoms with E-state index in [1.807, 2.05) is 13.0 Å². The third-order valence-electron chi connectivity index (χ3n) is 2.90. The van der Waals surface area contributed by atoms with Crippen LogP contribution in [0.5, 0.6) is 0 Å². The summed E-state index contributed by atoms with van der Waals surface area (Å²) in [5.74, 6) is 3.86. The van der Waals surface area contributed by atoms with Crippen molar-refractivity contribution in [2.75, 3.05) is 19.6 Å². The summed E-state index contributed by atoms with van der Waals surface area (Å²) in [4.78, 5) is 4.52. The first-order valence-electron chi connectivity index (χ1n) is 6.78. The van der Waals surface area contributed by atoms with Crippen LogP contribution in [0.25, 0.3) is 0 Å². The minimum atomic E-state index is 0. The van der Waals surface area contributed by atoms with E-state index in [0.717, 1.165) is 25.5 Å². The van der Waals surface area contributed by atoms with Gasteiger partial charge >= 0.3 is 0 Å². The van der Waals surface area contributed by atoms with Crippen molar-refractivity contribution in [3.8, 4) is 12.3 Å². The topological polar surface area (TPSA) is 36.4 Å². The third-order valence-corrected chi connectivity index (χ3v) is 2.90. The first kappa shape index (κ1) is 18.8. The summed E-state index contributed by atoms with van der Waals surface area (Å²) in [5.41, 5.74) is 1.36. The molecule has 0 saturated heterocycles. The molecule has 0 aliphatic heterocycles. The molecular weight excluding hydrogens is 361 g/mol. The molecular formula is C16H24IN3. The van der Waals surface area contributed by atoms with Crippen LogP contribution in [0.15, 0.2) is 35.3 Å². The van der Waals surface area contributed by atoms with Crippen LogP contribution in [-0.2, 0) is 0 Å². The number of nitrogens with one attached hydrogen (secondary N) is 2. The molecule has 1 aromatic rings. The Morgan fingerprint density at radius 3 is 2.60 bits per heavy atom. The van der Waals surface area contributed by atoms with Gasteiger partial charge in [-0.1, -0.05) is 43.2 Å². The summed E-state index contributed by atoms with van der Waals surface area (Å²) in [5, 5.41) is 6.26. The second kappa shape index (κ2) is 11.6. The number of halogens is 1. The zero-order valence-electron chi connectivity index (χ0n) is 12.2. The van der Waals surface area contributed by atoms with Gasteiger partial charge in [-0.05, 0) is 24.8 Å². The number of guanidine groups is 1. The summed E-state index contributed by atoms with van der Waals surface area (Å²) in [6.07, 6.45) is 6.26. The Morgan fingerprint density at radius 1 is 1.30 bits per heavy atom. The molecule has 0 aromatic heterocycles. The van der Waals surface area contributed by atoms with E-state index in [9.17, 15) is 0 Å². The van der Waals surface area contributed by atoms with E-state index in [1.54, 1.807) is 0 Å². The average molecular weight is 385 g/mol. The summed E-state index contributed by atoms with van der Waals surface area (Å²) in [7, 11) is 0. The van der Waals surface area contributed by atoms with E-state index < -0.39 is 0 Å². The second-order valence-corrected chi connectivity index (χ2v) is 4.42. The normalized spacial score (nSPS) is 11.9. The first-order valence-corrected chi connectivity index (χ1v) is 6.78. The fourth-order valence-corrected chi connectivity index (χ4v) is 1.79. The molecule has 4 heteroatoms. The van der Waals surface area contributed by atoms with Crippen LogP contribution >= 0.6 is 24.0 Å². The molecule has 0 fully saturated rings. The van der Waals surface area contributed by atoms with E-state index in [-0.39, 0.29) is 24.0 Å². The number of rotatable bonds is 6. The first-order chi connectivity index (χ1) is 9.27. The van der Waals surface area contributed by atoms with Crippen LogP contribution in [0.1, 0.15) is 31.7 Å². The lowest BCUT2D eigenvalue weighted by molar-refractivity contribution is 0.685. The summed E-state index contributed by atoms with van der Waals surface area (Å²) in [6, 6.07) is 10.5. The van der Waals surface area contributed by atoms with Crippen molar-refractivity contribution in [2.24, 2.45) is 4.99 Å². The number of terminal acetylenes is 1. The van der Waals surface area contributed by atoms with Crippen LogP contribution in [0.4, 0.5) is 0 Å². The van der Waals surface area contributed by atoms with Crippen molar-refractivity contribution in [3.05, 3.63) is 35.9 Å². The molecule has 0 aliphatic carbocycles. The van der Waals surface area contributed by atoms with Gasteiger partial charge in [-0.25, -0.2) is 0 Å². The van der Waals surface area contributed by atoms with Gasteiger partial charge < -0.3 is 10.6 Å². The van der Waals surface area contributed by atoms with Crippen molar-refractivity contribution in [3.63, 3.8) is 0 Å². The molecule has 1 rings (SSSR count). The molecule has 0 spiro atoms. The molecule has 0 saturated carbocycles. The van der Waals surface area contributed by atoms with Crippen LogP contribution in [-0.4, -0.2) is 25.6 Å². The van der Waals surface area contributed by atoms with E-state index in [0.29, 0.717) is 12.5 Å². The highest BCUT2D eigenvalue weighted by atomic mass is 127. The molecule has 1 aromatic carbocycles. The molecule has 3 nitrogen and oxygen atoms in total. The minimum absolute atomic E-state index is 0. The predicted molar refractivity (Wildman–Crippen MR) is 97.7 cm³/mol. The number of aliphatic imine (C=N–C) groups is 1. The smallest absolute Gasteiger partial charge is 0.192 e. The van der Waals surface area contributed by atoms with Crippen LogP contribution < -0.4 is 10.6 Å². The average Bonchev–Trinajstić information content (AvgIpc) is 2.45. The van der Waals surface area contributed by atoms with Gasteiger partial charge in [0.1, 0.15) is 0 Å². The molecule has 110 valence electrons. The quantitative estimate of drug-likeness (QED) is 0.342. The maximum atomic E-state index is 5.23. The molecule has 0 radical (unpaired) electrons. The monoisotopic (exact) mass is 385 g/mol. The van der Waals surface area contributed by atoms with Gasteiger partial charge in [0.05, 0.1) is 6.54 Å². The molecule has 0 heterocycles. The lowest BCUT2D eigenvalue weighted by atomic mass is 9.98. The maximum Gasteiger partial charge on any atom is 0.192 e. The second-order valence-electron chi connectivity index (χ2n) is 4.42. The number of benzene rings is 1.